The molecule has 7 heteroatoms. The first-order chi connectivity index (χ1) is 20.5. The minimum atomic E-state index is -0.289. The van der Waals surface area contributed by atoms with Crippen LogP contribution in [0.2, 0.25) is 0 Å². The zero-order valence-corrected chi connectivity index (χ0v) is 26.6. The van der Waals surface area contributed by atoms with Crippen LogP contribution in [0.15, 0.2) is 48.8 Å². The predicted octanol–water partition coefficient (Wildman–Crippen LogP) is 7.19. The number of amides is 1. The van der Waals surface area contributed by atoms with Gasteiger partial charge in [0.1, 0.15) is 11.6 Å². The minimum absolute atomic E-state index is 0.0672. The third kappa shape index (κ3) is 5.85. The van der Waals surface area contributed by atoms with Gasteiger partial charge >= 0.3 is 0 Å². The topological polar surface area (TPSA) is 80.5 Å². The van der Waals surface area contributed by atoms with E-state index in [1.165, 1.54) is 11.1 Å². The van der Waals surface area contributed by atoms with Crippen LogP contribution in [0.1, 0.15) is 96.1 Å². The van der Waals surface area contributed by atoms with Crippen molar-refractivity contribution in [2.24, 2.45) is 11.3 Å². The summed E-state index contributed by atoms with van der Waals surface area (Å²) in [4.78, 5) is 21.4. The summed E-state index contributed by atoms with van der Waals surface area (Å²) in [6.07, 6.45) is 13.3. The fourth-order valence-electron chi connectivity index (χ4n) is 7.85. The molecule has 0 radical (unpaired) electrons. The van der Waals surface area contributed by atoms with Gasteiger partial charge in [-0.2, -0.15) is 5.10 Å². The fraction of sp³-hybridized carbons (Fsp3) is 0.583. The second-order valence-corrected chi connectivity index (χ2v) is 14.6. The molecule has 1 N–H and O–H groups in total. The number of hydrogen-bond acceptors (Lipinski definition) is 5. The lowest BCUT2D eigenvalue weighted by atomic mass is 9.51. The number of anilines is 1. The zero-order chi connectivity index (χ0) is 30.4. The van der Waals surface area contributed by atoms with E-state index >= 15 is 0 Å². The van der Waals surface area contributed by atoms with Crippen molar-refractivity contribution in [3.05, 3.63) is 59.9 Å². The first-order valence-electron chi connectivity index (χ1n) is 16.2. The summed E-state index contributed by atoms with van der Waals surface area (Å²) >= 11 is 0. The number of hydrogen-bond donors (Lipinski definition) is 1. The number of rotatable bonds is 7. The quantitative estimate of drug-likeness (QED) is 0.318. The van der Waals surface area contributed by atoms with Gasteiger partial charge in [0.15, 0.2) is 0 Å². The lowest BCUT2D eigenvalue weighted by Crippen LogP contribution is -2.52. The van der Waals surface area contributed by atoms with E-state index < -0.39 is 0 Å². The number of carbonyl (C=O) groups excluding carboxylic acids is 1. The smallest absolute Gasteiger partial charge is 0.231 e. The molecule has 4 aliphatic rings. The third-order valence-electron chi connectivity index (χ3n) is 10.8. The van der Waals surface area contributed by atoms with E-state index in [2.05, 4.69) is 51.0 Å². The summed E-state index contributed by atoms with van der Waals surface area (Å²) in [7, 11) is 1.74. The maximum Gasteiger partial charge on any atom is 0.231 e. The van der Waals surface area contributed by atoms with E-state index in [1.54, 1.807) is 7.11 Å². The second kappa shape index (κ2) is 11.4. The number of methoxy groups -OCH3 is 1. The summed E-state index contributed by atoms with van der Waals surface area (Å²) in [5.41, 5.74) is 4.63. The van der Waals surface area contributed by atoms with Gasteiger partial charge in [-0.25, -0.2) is 4.98 Å². The van der Waals surface area contributed by atoms with Crippen molar-refractivity contribution in [3.8, 4) is 17.0 Å². The van der Waals surface area contributed by atoms with Crippen molar-refractivity contribution in [2.45, 2.75) is 109 Å². The average Bonchev–Trinajstić information content (AvgIpc) is 3.53. The van der Waals surface area contributed by atoms with E-state index in [1.807, 2.05) is 40.2 Å². The molecule has 4 fully saturated rings. The Kier molecular flexibility index (Phi) is 7.91. The van der Waals surface area contributed by atoms with Crippen LogP contribution < -0.4 is 9.64 Å². The highest BCUT2D eigenvalue weighted by molar-refractivity contribution is 5.94. The Morgan fingerprint density at radius 3 is 2.35 bits per heavy atom. The lowest BCUT2D eigenvalue weighted by molar-refractivity contribution is -0.124. The zero-order valence-electron chi connectivity index (χ0n) is 26.6. The maximum atomic E-state index is 14.3. The molecule has 1 aromatic carbocycles. The molecule has 0 saturated heterocycles. The molecule has 2 heterocycles. The van der Waals surface area contributed by atoms with Crippen LogP contribution in [-0.4, -0.2) is 45.5 Å². The van der Waals surface area contributed by atoms with Crippen LogP contribution in [0.25, 0.3) is 11.3 Å². The van der Waals surface area contributed by atoms with E-state index in [0.717, 1.165) is 74.2 Å². The number of carbonyl (C=O) groups is 1. The number of pyridine rings is 1. The molecule has 0 spiro atoms. The number of benzene rings is 1. The molecule has 43 heavy (non-hydrogen) atoms. The number of ether oxygens (including phenoxy) is 1. The Bertz CT molecular complexity index is 1440. The number of aliphatic hydroxyl groups excluding tert-OH is 1. The van der Waals surface area contributed by atoms with Gasteiger partial charge in [0, 0.05) is 24.2 Å². The third-order valence-corrected chi connectivity index (χ3v) is 10.8. The van der Waals surface area contributed by atoms with Gasteiger partial charge in [-0.15, -0.1) is 0 Å². The molecule has 2 bridgehead atoms. The molecule has 230 valence electrons. The largest absolute Gasteiger partial charge is 0.496 e. The number of aliphatic hydroxyl groups is 1. The predicted molar refractivity (Wildman–Crippen MR) is 170 cm³/mol. The molecule has 7 nitrogen and oxygen atoms in total. The Labute approximate surface area is 256 Å². The van der Waals surface area contributed by atoms with E-state index in [-0.39, 0.29) is 34.3 Å². The van der Waals surface area contributed by atoms with Crippen molar-refractivity contribution < 1.29 is 14.6 Å². The van der Waals surface area contributed by atoms with Gasteiger partial charge in [-0.1, -0.05) is 18.2 Å². The van der Waals surface area contributed by atoms with Crippen LogP contribution >= 0.6 is 0 Å². The van der Waals surface area contributed by atoms with Crippen molar-refractivity contribution in [2.75, 3.05) is 18.6 Å². The number of fused-ring (bicyclic) bond motifs is 3. The molecule has 4 aliphatic carbocycles. The Hall–Kier alpha value is -3.19. The molecule has 0 aliphatic heterocycles. The summed E-state index contributed by atoms with van der Waals surface area (Å²) in [6.45, 7) is 9.24. The van der Waals surface area contributed by atoms with Gasteiger partial charge < -0.3 is 9.84 Å². The molecule has 0 atom stereocenters. The maximum absolute atomic E-state index is 14.3. The normalized spacial score (nSPS) is 27.2. The Morgan fingerprint density at radius 2 is 1.74 bits per heavy atom. The molecule has 0 unspecified atom stereocenters. The van der Waals surface area contributed by atoms with Crippen LogP contribution in [-0.2, 0) is 15.7 Å². The van der Waals surface area contributed by atoms with Crippen LogP contribution in [0.3, 0.4) is 0 Å². The van der Waals surface area contributed by atoms with E-state index in [4.69, 9.17) is 9.72 Å². The highest BCUT2D eigenvalue weighted by Crippen LogP contribution is 2.58. The molecule has 4 saturated carbocycles. The SMILES string of the molecule is COc1ccc(C23CCC(CN(C(=O)C4CCC(O)CC4)c4cccc(-c5cnn(C(C)(C)C)c5)n4)(CC2)CC3)cc1C. The van der Waals surface area contributed by atoms with E-state index in [0.29, 0.717) is 19.4 Å². The lowest BCUT2D eigenvalue weighted by Gasteiger charge is -2.55. The molecule has 7 rings (SSSR count). The summed E-state index contributed by atoms with van der Waals surface area (Å²) in [5.74, 6) is 1.79. The monoisotopic (exact) mass is 584 g/mol. The molecule has 3 aromatic rings. The Balaban J connectivity index is 1.27. The Morgan fingerprint density at radius 1 is 1.05 bits per heavy atom. The van der Waals surface area contributed by atoms with Crippen LogP contribution in [0.5, 0.6) is 5.75 Å². The van der Waals surface area contributed by atoms with Crippen LogP contribution in [0, 0.1) is 18.3 Å². The van der Waals surface area contributed by atoms with Crippen LogP contribution in [0.4, 0.5) is 5.82 Å². The van der Waals surface area contributed by atoms with Crippen molar-refractivity contribution >= 4 is 11.7 Å². The van der Waals surface area contributed by atoms with Gasteiger partial charge in [0.05, 0.1) is 30.6 Å². The van der Waals surface area contributed by atoms with Gasteiger partial charge in [-0.3, -0.25) is 14.4 Å². The minimum Gasteiger partial charge on any atom is -0.496 e. The molecular formula is C36H48N4O3. The van der Waals surface area contributed by atoms with Gasteiger partial charge in [0.2, 0.25) is 5.91 Å². The standard InChI is InChI=1S/C36H48N4O3/c1-25-21-28(11-14-31(25)43-5)36-18-15-35(16-19-36,17-20-36)24-39(33(42)26-9-12-29(41)13-10-26)32-8-6-7-30(38-32)27-22-37-40(23-27)34(2,3)4/h6-8,11,14,21-23,26,29,41H,9-10,12-13,15-20,24H2,1-5H3. The van der Waals surface area contributed by atoms with Crippen molar-refractivity contribution in [1.82, 2.24) is 14.8 Å². The number of aromatic nitrogens is 3. The van der Waals surface area contributed by atoms with E-state index in [9.17, 15) is 9.90 Å². The summed E-state index contributed by atoms with van der Waals surface area (Å²) in [5, 5.41) is 14.7. The second-order valence-electron chi connectivity index (χ2n) is 14.6. The molecule has 2 aromatic heterocycles. The first-order valence-corrected chi connectivity index (χ1v) is 16.2. The molecular weight excluding hydrogens is 536 g/mol. The van der Waals surface area contributed by atoms with Gasteiger partial charge in [0.25, 0.3) is 0 Å². The van der Waals surface area contributed by atoms with Gasteiger partial charge in [-0.05, 0) is 132 Å². The summed E-state index contributed by atoms with van der Waals surface area (Å²) in [6, 6.07) is 12.8. The molecule has 1 amide bonds. The average molecular weight is 585 g/mol. The highest BCUT2D eigenvalue weighted by atomic mass is 16.5. The highest BCUT2D eigenvalue weighted by Gasteiger charge is 2.50. The fourth-order valence-corrected chi connectivity index (χ4v) is 7.85. The number of aryl methyl sites for hydroxylation is 1. The number of nitrogens with zero attached hydrogens (tertiary/aromatic N) is 4. The van der Waals surface area contributed by atoms with Crippen molar-refractivity contribution in [1.29, 1.82) is 0 Å². The van der Waals surface area contributed by atoms with Crippen molar-refractivity contribution in [3.63, 3.8) is 0 Å². The summed E-state index contributed by atoms with van der Waals surface area (Å²) < 4.78 is 7.50. The first kappa shape index (κ1) is 29.9.